The van der Waals surface area contributed by atoms with Crippen LogP contribution in [0.3, 0.4) is 0 Å². The van der Waals surface area contributed by atoms with Crippen molar-refractivity contribution in [2.24, 2.45) is 0 Å². The van der Waals surface area contributed by atoms with Crippen LogP contribution >= 0.6 is 11.6 Å². The van der Waals surface area contributed by atoms with Gasteiger partial charge in [-0.15, -0.1) is 5.10 Å². The highest BCUT2D eigenvalue weighted by Gasteiger charge is 2.22. The summed E-state index contributed by atoms with van der Waals surface area (Å²) in [5, 5.41) is 11.4. The molecule has 2 amide bonds. The smallest absolute Gasteiger partial charge is 0.276 e. The third-order valence-corrected chi connectivity index (χ3v) is 5.12. The Hall–Kier alpha value is -2.65. The van der Waals surface area contributed by atoms with Crippen LogP contribution in [0.15, 0.2) is 30.5 Å². The summed E-state index contributed by atoms with van der Waals surface area (Å²) in [6.45, 7) is 5.81. The number of hydrogen-bond acceptors (Lipinski definition) is 6. The summed E-state index contributed by atoms with van der Waals surface area (Å²) in [6, 6.07) is 6.93. The monoisotopic (exact) mass is 434 g/mol. The topological polar surface area (TPSA) is 92.6 Å². The minimum Gasteiger partial charge on any atom is -0.481 e. The van der Waals surface area contributed by atoms with Crippen LogP contribution in [0.2, 0.25) is 5.02 Å². The van der Waals surface area contributed by atoms with Gasteiger partial charge in [0, 0.05) is 44.3 Å². The highest BCUT2D eigenvalue weighted by Crippen LogP contribution is 2.18. The molecular weight excluding hydrogens is 408 g/mol. The van der Waals surface area contributed by atoms with Gasteiger partial charge in [0.1, 0.15) is 5.75 Å². The van der Waals surface area contributed by atoms with Crippen molar-refractivity contribution < 1.29 is 14.3 Å². The average Bonchev–Trinajstić information content (AvgIpc) is 3.20. The number of benzene rings is 1. The normalized spacial score (nSPS) is 15.6. The molecule has 1 saturated heterocycles. The van der Waals surface area contributed by atoms with Gasteiger partial charge >= 0.3 is 0 Å². The Morgan fingerprint density at radius 2 is 2.03 bits per heavy atom. The number of amides is 2. The lowest BCUT2D eigenvalue weighted by atomic mass is 10.3. The molecule has 2 aromatic rings. The molecule has 9 nitrogen and oxygen atoms in total. The molecular formula is C20H27ClN6O3. The zero-order valence-electron chi connectivity index (χ0n) is 17.3. The van der Waals surface area contributed by atoms with E-state index in [2.05, 4.69) is 20.5 Å². The van der Waals surface area contributed by atoms with Crippen LogP contribution in [0, 0.1) is 0 Å². The number of nitrogens with one attached hydrogen (secondary N) is 1. The maximum Gasteiger partial charge on any atom is 0.276 e. The van der Waals surface area contributed by atoms with E-state index in [1.165, 1.54) is 0 Å². The van der Waals surface area contributed by atoms with Crippen LogP contribution < -0.4 is 10.1 Å². The van der Waals surface area contributed by atoms with Gasteiger partial charge in [-0.25, -0.2) is 0 Å². The first-order valence-electron chi connectivity index (χ1n) is 10.0. The Bertz CT molecular complexity index is 866. The van der Waals surface area contributed by atoms with Gasteiger partial charge in [-0.3, -0.25) is 14.3 Å². The Balaban J connectivity index is 1.38. The van der Waals surface area contributed by atoms with E-state index >= 15 is 0 Å². The number of rotatable bonds is 8. The lowest BCUT2D eigenvalue weighted by molar-refractivity contribution is -0.127. The molecule has 0 saturated carbocycles. The summed E-state index contributed by atoms with van der Waals surface area (Å²) in [5.41, 5.74) is 0.354. The summed E-state index contributed by atoms with van der Waals surface area (Å²) in [4.78, 5) is 28.7. The molecule has 0 bridgehead atoms. The molecule has 1 unspecified atom stereocenters. The molecule has 162 valence electrons. The van der Waals surface area contributed by atoms with Crippen molar-refractivity contribution in [3.05, 3.63) is 41.2 Å². The number of piperazine rings is 1. The van der Waals surface area contributed by atoms with Crippen molar-refractivity contribution in [2.75, 3.05) is 39.8 Å². The molecule has 30 heavy (non-hydrogen) atoms. The third-order valence-electron chi connectivity index (χ3n) is 4.89. The van der Waals surface area contributed by atoms with Gasteiger partial charge in [0.25, 0.3) is 11.8 Å². The molecule has 3 rings (SSSR count). The highest BCUT2D eigenvalue weighted by molar-refractivity contribution is 6.30. The number of likely N-dealkylation sites (N-methyl/N-ethyl adjacent to an activating group) is 1. The fourth-order valence-electron chi connectivity index (χ4n) is 3.07. The highest BCUT2D eigenvalue weighted by atomic mass is 35.5. The summed E-state index contributed by atoms with van der Waals surface area (Å²) in [7, 11) is 2.04. The SMILES string of the molecule is CC(Oc1cccc(Cl)c1)C(=O)NCCCn1cc(C(=O)N2CCN(C)CC2)nn1. The van der Waals surface area contributed by atoms with Crippen LogP contribution in [-0.2, 0) is 11.3 Å². The Morgan fingerprint density at radius 3 is 2.77 bits per heavy atom. The Labute approximate surface area is 180 Å². The molecule has 1 fully saturated rings. The third kappa shape index (κ3) is 6.17. The fourth-order valence-corrected chi connectivity index (χ4v) is 3.25. The molecule has 1 N–H and O–H groups in total. The first kappa shape index (κ1) is 22.0. The second-order valence-electron chi connectivity index (χ2n) is 7.32. The van der Waals surface area contributed by atoms with Gasteiger partial charge in [0.15, 0.2) is 11.8 Å². The van der Waals surface area contributed by atoms with Crippen LogP contribution in [0.5, 0.6) is 5.75 Å². The quantitative estimate of drug-likeness (QED) is 0.629. The maximum atomic E-state index is 12.5. The predicted octanol–water partition coefficient (Wildman–Crippen LogP) is 1.29. The molecule has 1 aromatic carbocycles. The molecule has 2 heterocycles. The molecule has 0 aliphatic carbocycles. The number of carbonyl (C=O) groups is 2. The number of carbonyl (C=O) groups excluding carboxylic acids is 2. The molecule has 0 spiro atoms. The van der Waals surface area contributed by atoms with Gasteiger partial charge in [-0.05, 0) is 38.6 Å². The second-order valence-corrected chi connectivity index (χ2v) is 7.76. The second kappa shape index (κ2) is 10.4. The van der Waals surface area contributed by atoms with Crippen LogP contribution in [0.25, 0.3) is 0 Å². The minimum atomic E-state index is -0.636. The lowest BCUT2D eigenvalue weighted by Gasteiger charge is -2.31. The molecule has 1 aromatic heterocycles. The number of halogens is 1. The van der Waals surface area contributed by atoms with Crippen molar-refractivity contribution in [1.29, 1.82) is 0 Å². The summed E-state index contributed by atoms with van der Waals surface area (Å²) < 4.78 is 7.22. The van der Waals surface area contributed by atoms with Crippen LogP contribution in [0.1, 0.15) is 23.8 Å². The minimum absolute atomic E-state index is 0.0883. The number of aryl methyl sites for hydroxylation is 1. The Morgan fingerprint density at radius 1 is 1.27 bits per heavy atom. The summed E-state index contributed by atoms with van der Waals surface area (Å²) in [5.74, 6) is 0.249. The van der Waals surface area contributed by atoms with E-state index in [0.29, 0.717) is 49.1 Å². The molecule has 10 heteroatoms. The number of hydrogen-bond donors (Lipinski definition) is 1. The maximum absolute atomic E-state index is 12.5. The first-order chi connectivity index (χ1) is 14.4. The van der Waals surface area contributed by atoms with E-state index in [1.807, 2.05) is 7.05 Å². The van der Waals surface area contributed by atoms with Gasteiger partial charge < -0.3 is 19.9 Å². The van der Waals surface area contributed by atoms with Crippen molar-refractivity contribution in [3.63, 3.8) is 0 Å². The number of aromatic nitrogens is 3. The zero-order valence-corrected chi connectivity index (χ0v) is 18.0. The average molecular weight is 435 g/mol. The van der Waals surface area contributed by atoms with E-state index in [1.54, 1.807) is 47.0 Å². The van der Waals surface area contributed by atoms with Gasteiger partial charge in [-0.2, -0.15) is 0 Å². The van der Waals surface area contributed by atoms with E-state index < -0.39 is 6.10 Å². The fraction of sp³-hybridized carbons (Fsp3) is 0.500. The van der Waals surface area contributed by atoms with E-state index in [4.69, 9.17) is 16.3 Å². The lowest BCUT2D eigenvalue weighted by Crippen LogP contribution is -2.47. The van der Waals surface area contributed by atoms with E-state index in [9.17, 15) is 9.59 Å². The van der Waals surface area contributed by atoms with E-state index in [-0.39, 0.29) is 11.8 Å². The molecule has 1 aliphatic rings. The molecule has 1 aliphatic heterocycles. The van der Waals surface area contributed by atoms with Gasteiger partial charge in [0.05, 0.1) is 6.20 Å². The van der Waals surface area contributed by atoms with Crippen molar-refractivity contribution in [3.8, 4) is 5.75 Å². The number of nitrogens with zero attached hydrogens (tertiary/aromatic N) is 5. The van der Waals surface area contributed by atoms with E-state index in [0.717, 1.165) is 13.1 Å². The standard InChI is InChI=1S/C20H27ClN6O3/c1-15(30-17-6-3-5-16(21)13-17)19(28)22-7-4-8-27-14-18(23-24-27)20(29)26-11-9-25(2)10-12-26/h3,5-6,13-15H,4,7-12H2,1-2H3,(H,22,28). The molecule has 1 atom stereocenters. The summed E-state index contributed by atoms with van der Waals surface area (Å²) >= 11 is 5.92. The van der Waals surface area contributed by atoms with Gasteiger partial charge in [0.2, 0.25) is 0 Å². The largest absolute Gasteiger partial charge is 0.481 e. The first-order valence-corrected chi connectivity index (χ1v) is 10.4. The summed E-state index contributed by atoms with van der Waals surface area (Å²) in [6.07, 6.45) is 1.68. The van der Waals surface area contributed by atoms with Crippen LogP contribution in [0.4, 0.5) is 0 Å². The van der Waals surface area contributed by atoms with Crippen molar-refractivity contribution in [1.82, 2.24) is 30.1 Å². The predicted molar refractivity (Wildman–Crippen MR) is 113 cm³/mol. The Kier molecular flexibility index (Phi) is 7.64. The number of ether oxygens (including phenoxy) is 1. The van der Waals surface area contributed by atoms with Crippen LogP contribution in [-0.4, -0.2) is 82.5 Å². The zero-order chi connectivity index (χ0) is 21.5. The van der Waals surface area contributed by atoms with Crippen molar-refractivity contribution >= 4 is 23.4 Å². The van der Waals surface area contributed by atoms with Crippen molar-refractivity contribution in [2.45, 2.75) is 26.0 Å². The molecule has 0 radical (unpaired) electrons. The van der Waals surface area contributed by atoms with Gasteiger partial charge in [-0.1, -0.05) is 22.9 Å².